The second kappa shape index (κ2) is 32.9. The van der Waals surface area contributed by atoms with Gasteiger partial charge < -0.3 is 37.3 Å². The monoisotopic (exact) mass is 1770 g/mol. The lowest BCUT2D eigenvalue weighted by molar-refractivity contribution is 0.572. The molecule has 0 N–H and O–H groups in total. The molecular weight excluding hydrogens is 1660 g/mol. The van der Waals surface area contributed by atoms with Gasteiger partial charge in [-0.15, -0.1) is 0 Å². The van der Waals surface area contributed by atoms with Gasteiger partial charge in [0, 0.05) is 98.5 Å². The van der Waals surface area contributed by atoms with Crippen molar-refractivity contribution in [3.8, 4) is 0 Å². The van der Waals surface area contributed by atoms with E-state index in [1.165, 1.54) is 142 Å². The van der Waals surface area contributed by atoms with Gasteiger partial charge in [-0.3, -0.25) is 0 Å². The first-order valence-corrected chi connectivity index (χ1v) is 48.6. The van der Waals surface area contributed by atoms with Gasteiger partial charge in [0.05, 0.1) is 45.5 Å². The second-order valence-electron chi connectivity index (χ2n) is 40.4. The highest BCUT2D eigenvalue weighted by Crippen LogP contribution is 2.56. The number of hydrogen-bond acceptors (Lipinski definition) is 8. The standard InChI is InChI=1S/2C64H56N2O2/c1-37-23-31-51(39(3)35-37)65(55-21-13-17-45-43-15-11-19-49(63(5,6)7)59(43)67-61(45)55)53-33-27-41-26-30-48-54(34-28-42-25-29-47(53)57(41)58(42)48)66(52-32-24-38(2)36-40(52)4)56-22-14-18-46-44-16-12-20-50(64(8,9)10)60(44)68-62(46)56;1-7-9-15-45-17-11-19-47-49-21-13-23-57(63(49)67-61(45)47)65(53-33-25-39(3)37-41(53)5)55-35-29-43-28-32-52-56(36-30-44-27-31-51(55)59(43)60(44)52)66(54-34-26-40(4)38-42(54)6)58-24-14-22-50-48-20-12-18-46(16-10-8-2)62(48)68-64(50)58/h11-36H,1-10H3;11-14,17-38H,7-10,15-16H2,1-6H3. The number of para-hydroxylation sites is 8. The van der Waals surface area contributed by atoms with E-state index in [9.17, 15) is 0 Å². The molecule has 0 bridgehead atoms. The lowest BCUT2D eigenvalue weighted by Gasteiger charge is -2.30. The summed E-state index contributed by atoms with van der Waals surface area (Å²) in [6.07, 6.45) is 6.52. The Labute approximate surface area is 794 Å². The predicted molar refractivity (Wildman–Crippen MR) is 581 cm³/mol. The number of hydrogen-bond donors (Lipinski definition) is 0. The van der Waals surface area contributed by atoms with Gasteiger partial charge in [0.15, 0.2) is 22.3 Å². The summed E-state index contributed by atoms with van der Waals surface area (Å²) in [6.45, 7) is 35.7. The van der Waals surface area contributed by atoms with E-state index >= 15 is 0 Å². The highest BCUT2D eigenvalue weighted by molar-refractivity contribution is 6.31. The number of benzene rings is 20. The van der Waals surface area contributed by atoms with Crippen LogP contribution in [0.2, 0.25) is 0 Å². The van der Waals surface area contributed by atoms with Crippen LogP contribution in [-0.4, -0.2) is 0 Å². The van der Waals surface area contributed by atoms with Crippen molar-refractivity contribution in [1.29, 1.82) is 0 Å². The third kappa shape index (κ3) is 13.9. The molecule has 0 saturated heterocycles. The van der Waals surface area contributed by atoms with Crippen molar-refractivity contribution in [3.05, 3.63) is 382 Å². The van der Waals surface area contributed by atoms with Crippen LogP contribution in [0.15, 0.2) is 333 Å². The van der Waals surface area contributed by atoms with E-state index in [4.69, 9.17) is 17.7 Å². The zero-order chi connectivity index (χ0) is 93.2. The summed E-state index contributed by atoms with van der Waals surface area (Å²) in [6, 6.07) is 117. The third-order valence-electron chi connectivity index (χ3n) is 28.9. The van der Waals surface area contributed by atoms with Gasteiger partial charge in [-0.1, -0.05) is 333 Å². The largest absolute Gasteiger partial charge is 0.454 e. The molecule has 4 heterocycles. The molecule has 8 nitrogen and oxygen atoms in total. The maximum atomic E-state index is 7.11. The quantitative estimate of drug-likeness (QED) is 0.0788. The predicted octanol–water partition coefficient (Wildman–Crippen LogP) is 38.4. The Kier molecular flexibility index (Phi) is 20.6. The maximum Gasteiger partial charge on any atom is 0.159 e. The van der Waals surface area contributed by atoms with Crippen LogP contribution in [0.1, 0.15) is 148 Å². The van der Waals surface area contributed by atoms with Gasteiger partial charge >= 0.3 is 0 Å². The molecule has 0 saturated carbocycles. The molecule has 0 aliphatic carbocycles. The van der Waals surface area contributed by atoms with Crippen LogP contribution >= 0.6 is 0 Å². The van der Waals surface area contributed by atoms with Crippen LogP contribution in [0.5, 0.6) is 0 Å². The molecule has 4 aromatic heterocycles. The van der Waals surface area contributed by atoms with Crippen LogP contribution in [-0.2, 0) is 23.7 Å². The molecule has 0 aliphatic rings. The molecule has 0 spiro atoms. The number of nitrogens with zero attached hydrogens (tertiary/aromatic N) is 4. The van der Waals surface area contributed by atoms with E-state index < -0.39 is 0 Å². The number of furan rings is 4. The Morgan fingerprint density at radius 1 is 0.206 bits per heavy atom. The molecule has 0 fully saturated rings. The van der Waals surface area contributed by atoms with Gasteiger partial charge in [0.25, 0.3) is 0 Å². The number of unbranched alkanes of at least 4 members (excludes halogenated alkanes) is 2. The van der Waals surface area contributed by atoms with Gasteiger partial charge in [0.1, 0.15) is 22.3 Å². The molecule has 136 heavy (non-hydrogen) atoms. The van der Waals surface area contributed by atoms with Crippen molar-refractivity contribution in [3.63, 3.8) is 0 Å². The fraction of sp³-hybridized carbons (Fsp3) is 0.188. The van der Waals surface area contributed by atoms with E-state index in [1.807, 2.05) is 0 Å². The molecular formula is C128H112N4O4. The molecule has 8 heteroatoms. The van der Waals surface area contributed by atoms with Crippen molar-refractivity contribution in [2.24, 2.45) is 0 Å². The summed E-state index contributed by atoms with van der Waals surface area (Å²) >= 11 is 0. The summed E-state index contributed by atoms with van der Waals surface area (Å²) in [7, 11) is 0. The smallest absolute Gasteiger partial charge is 0.159 e. The Hall–Kier alpha value is -15.1. The summed E-state index contributed by atoms with van der Waals surface area (Å²) in [4.78, 5) is 9.80. The average Bonchev–Trinajstić information content (AvgIpc) is 0.780. The number of rotatable bonds is 18. The molecule has 0 aliphatic heterocycles. The SMILES string of the molecule is CCCCc1cccc2c1oc1c(N(c3ccc(C)cc3C)c3ccc4ccc5c(N(c6ccc(C)cc6C)c6cccc7c6oc6c(CCCC)cccc67)ccc6ccc3c4c65)cccc12.Cc1ccc(N(c2ccc3ccc4c(N(c5ccc(C)cc5C)c5cccc6c5oc5c(C(C)(C)C)cccc56)ccc5ccc2c3c54)c2cccc3c2oc2c(C(C)(C)C)cccc23)c(C)c1. The van der Waals surface area contributed by atoms with Gasteiger partial charge in [-0.2, -0.15) is 0 Å². The Balaban J connectivity index is 0.000000153. The molecule has 0 unspecified atom stereocenters. The first-order chi connectivity index (χ1) is 66.0. The summed E-state index contributed by atoms with van der Waals surface area (Å²) < 4.78 is 28.4. The summed E-state index contributed by atoms with van der Waals surface area (Å²) in [5.74, 6) is 0. The lowest BCUT2D eigenvalue weighted by atomic mass is 9.86. The number of fused-ring (bicyclic) bond motifs is 12. The molecule has 0 radical (unpaired) electrons. The van der Waals surface area contributed by atoms with E-state index in [1.54, 1.807) is 0 Å². The molecule has 668 valence electrons. The van der Waals surface area contributed by atoms with E-state index in [2.05, 4.69) is 446 Å². The van der Waals surface area contributed by atoms with Crippen LogP contribution in [0.3, 0.4) is 0 Å². The Morgan fingerprint density at radius 2 is 0.426 bits per heavy atom. The van der Waals surface area contributed by atoms with Crippen LogP contribution in [0.25, 0.3) is 152 Å². The zero-order valence-electron chi connectivity index (χ0n) is 80.7. The van der Waals surface area contributed by atoms with Gasteiger partial charge in [-0.05, 0) is 241 Å². The fourth-order valence-electron chi connectivity index (χ4n) is 22.5. The number of aryl methyl sites for hydroxylation is 10. The lowest BCUT2D eigenvalue weighted by Crippen LogP contribution is -2.13. The minimum atomic E-state index is -0.0895. The Bertz CT molecular complexity index is 8420. The van der Waals surface area contributed by atoms with E-state index in [0.717, 1.165) is 184 Å². The minimum Gasteiger partial charge on any atom is -0.454 e. The van der Waals surface area contributed by atoms with Crippen molar-refractivity contribution >= 4 is 221 Å². The van der Waals surface area contributed by atoms with Gasteiger partial charge in [0.2, 0.25) is 0 Å². The van der Waals surface area contributed by atoms with Crippen molar-refractivity contribution in [2.45, 2.75) is 160 Å². The van der Waals surface area contributed by atoms with Crippen LogP contribution < -0.4 is 19.6 Å². The Morgan fingerprint density at radius 3 is 0.676 bits per heavy atom. The number of anilines is 12. The maximum absolute atomic E-state index is 7.11. The second-order valence-corrected chi connectivity index (χ2v) is 40.4. The zero-order valence-corrected chi connectivity index (χ0v) is 80.7. The highest BCUT2D eigenvalue weighted by Gasteiger charge is 2.33. The highest BCUT2D eigenvalue weighted by atomic mass is 16.3. The molecule has 20 aromatic carbocycles. The first kappa shape index (κ1) is 85.1. The van der Waals surface area contributed by atoms with Crippen molar-refractivity contribution in [1.82, 2.24) is 0 Å². The van der Waals surface area contributed by atoms with E-state index in [0.29, 0.717) is 0 Å². The van der Waals surface area contributed by atoms with Crippen LogP contribution in [0.4, 0.5) is 68.2 Å². The summed E-state index contributed by atoms with van der Waals surface area (Å²) in [5, 5.41) is 23.6. The van der Waals surface area contributed by atoms with E-state index in [-0.39, 0.29) is 10.8 Å². The minimum absolute atomic E-state index is 0.0895. The normalized spacial score (nSPS) is 12.3. The fourth-order valence-corrected chi connectivity index (χ4v) is 22.5. The van der Waals surface area contributed by atoms with Gasteiger partial charge in [-0.25, -0.2) is 0 Å². The molecule has 0 amide bonds. The molecule has 24 rings (SSSR count). The third-order valence-corrected chi connectivity index (χ3v) is 28.9. The molecule has 24 aromatic rings. The van der Waals surface area contributed by atoms with Crippen LogP contribution in [0, 0.1) is 55.4 Å². The summed E-state index contributed by atoms with van der Waals surface area (Å²) in [5.41, 5.74) is 34.9. The van der Waals surface area contributed by atoms with Crippen molar-refractivity contribution < 1.29 is 17.7 Å². The average molecular weight is 1770 g/mol. The topological polar surface area (TPSA) is 65.5 Å². The first-order valence-electron chi connectivity index (χ1n) is 48.6. The van der Waals surface area contributed by atoms with Crippen molar-refractivity contribution in [2.75, 3.05) is 19.6 Å². The molecule has 0 atom stereocenters.